The van der Waals surface area contributed by atoms with E-state index in [1.807, 2.05) is 19.1 Å². The Morgan fingerprint density at radius 1 is 1.28 bits per heavy atom. The molecule has 1 aromatic carbocycles. The van der Waals surface area contributed by atoms with Crippen LogP contribution in [0.4, 0.5) is 9.80 Å². The van der Waals surface area contributed by atoms with Gasteiger partial charge in [-0.2, -0.15) is 4.37 Å². The molecule has 1 saturated heterocycles. The van der Waals surface area contributed by atoms with Crippen LogP contribution in [0.3, 0.4) is 0 Å². The Balaban J connectivity index is 1.49. The summed E-state index contributed by atoms with van der Waals surface area (Å²) in [5.74, 6) is -1.28. The number of ether oxygens (including phenoxy) is 1. The molecule has 2 amide bonds. The van der Waals surface area contributed by atoms with Crippen LogP contribution in [0.5, 0.6) is 5.88 Å². The first-order valence-electron chi connectivity index (χ1n) is 10.4. The van der Waals surface area contributed by atoms with Crippen molar-refractivity contribution in [3.8, 4) is 5.88 Å². The van der Waals surface area contributed by atoms with E-state index in [9.17, 15) is 14.7 Å². The van der Waals surface area contributed by atoms with Crippen molar-refractivity contribution in [3.05, 3.63) is 39.9 Å². The Hall–Kier alpha value is -2.40. The van der Waals surface area contributed by atoms with E-state index >= 15 is 0 Å². The largest absolute Gasteiger partial charge is 0.477 e. The van der Waals surface area contributed by atoms with Gasteiger partial charge in [0.1, 0.15) is 11.6 Å². The molecule has 1 aliphatic rings. The van der Waals surface area contributed by atoms with E-state index in [0.717, 1.165) is 56.2 Å². The predicted octanol–water partition coefficient (Wildman–Crippen LogP) is 3.14. The first-order valence-corrected chi connectivity index (χ1v) is 11.5. The Kier molecular flexibility index (Phi) is 8.68. The number of likely N-dealkylation sites (N-methyl/N-ethyl adjacent to an activating group) is 1. The summed E-state index contributed by atoms with van der Waals surface area (Å²) in [5.41, 5.74) is 1.56. The highest BCUT2D eigenvalue weighted by Crippen LogP contribution is 2.31. The number of carboxylic acid groups (broad SMARTS) is 1. The van der Waals surface area contributed by atoms with Crippen LogP contribution in [0.2, 0.25) is 5.02 Å². The molecule has 9 nitrogen and oxygen atoms in total. The molecule has 2 heterocycles. The number of aromatic nitrogens is 1. The molecule has 32 heavy (non-hydrogen) atoms. The number of hydrogen-bond acceptors (Lipinski definition) is 7. The first kappa shape index (κ1) is 24.2. The molecule has 174 valence electrons. The minimum Gasteiger partial charge on any atom is -0.477 e. The number of nitrogens with one attached hydrogen (secondary N) is 2. The van der Waals surface area contributed by atoms with Crippen LogP contribution >= 0.6 is 23.1 Å². The molecule has 0 saturated carbocycles. The molecule has 1 aliphatic heterocycles. The zero-order valence-corrected chi connectivity index (χ0v) is 19.8. The third-order valence-corrected chi connectivity index (χ3v) is 6.30. The van der Waals surface area contributed by atoms with Crippen molar-refractivity contribution in [3.63, 3.8) is 0 Å². The van der Waals surface area contributed by atoms with Gasteiger partial charge in [0.05, 0.1) is 0 Å². The maximum atomic E-state index is 12.2. The summed E-state index contributed by atoms with van der Waals surface area (Å²) in [4.78, 5) is 28.6. The minimum absolute atomic E-state index is 0.0514. The molecule has 0 atom stereocenters. The number of piperazine rings is 1. The van der Waals surface area contributed by atoms with Gasteiger partial charge in [0.2, 0.25) is 5.88 Å². The van der Waals surface area contributed by atoms with Gasteiger partial charge >= 0.3 is 12.0 Å². The van der Waals surface area contributed by atoms with Crippen LogP contribution in [0.25, 0.3) is 0 Å². The molecule has 2 aromatic rings. The van der Waals surface area contributed by atoms with Gasteiger partial charge in [0.15, 0.2) is 5.56 Å². The van der Waals surface area contributed by atoms with Crippen LogP contribution < -0.4 is 15.4 Å². The molecule has 0 bridgehead atoms. The topological polar surface area (TPSA) is 107 Å². The summed E-state index contributed by atoms with van der Waals surface area (Å²) in [6.07, 6.45) is 0.817. The number of carbonyl (C=O) groups excluding carboxylic acids is 1. The number of carbonyl (C=O) groups is 2. The molecular weight excluding hydrogens is 454 g/mol. The summed E-state index contributed by atoms with van der Waals surface area (Å²) in [7, 11) is 2.11. The minimum atomic E-state index is -1.23. The summed E-state index contributed by atoms with van der Waals surface area (Å²) < 4.78 is 9.65. The molecule has 3 N–H and O–H groups in total. The van der Waals surface area contributed by atoms with Crippen LogP contribution in [-0.4, -0.2) is 77.6 Å². The van der Waals surface area contributed by atoms with Gasteiger partial charge in [-0.1, -0.05) is 23.7 Å². The van der Waals surface area contributed by atoms with Gasteiger partial charge in [-0.05, 0) is 50.1 Å². The van der Waals surface area contributed by atoms with Crippen molar-refractivity contribution in [1.29, 1.82) is 0 Å². The van der Waals surface area contributed by atoms with Crippen molar-refractivity contribution >= 4 is 40.1 Å². The second-order valence-electron chi connectivity index (χ2n) is 7.76. The lowest BCUT2D eigenvalue weighted by Gasteiger charge is -2.32. The smallest absolute Gasteiger partial charge is 0.344 e. The molecule has 0 radical (unpaired) electrons. The van der Waals surface area contributed by atoms with E-state index in [1.54, 1.807) is 6.07 Å². The number of hydrogen-bond donors (Lipinski definition) is 3. The number of amides is 2. The molecule has 1 aromatic heterocycles. The first-order chi connectivity index (χ1) is 15.3. The van der Waals surface area contributed by atoms with E-state index in [4.69, 9.17) is 16.3 Å². The summed E-state index contributed by atoms with van der Waals surface area (Å²) >= 11 is 7.07. The second-order valence-corrected chi connectivity index (χ2v) is 8.94. The van der Waals surface area contributed by atoms with Gasteiger partial charge in [-0.3, -0.25) is 5.32 Å². The number of anilines is 1. The summed E-state index contributed by atoms with van der Waals surface area (Å²) in [5, 5.41) is 15.6. The van der Waals surface area contributed by atoms with Crippen molar-refractivity contribution in [2.24, 2.45) is 0 Å². The monoisotopic (exact) mass is 481 g/mol. The molecule has 0 spiro atoms. The van der Waals surface area contributed by atoms with Gasteiger partial charge in [-0.15, -0.1) is 0 Å². The number of halogens is 1. The van der Waals surface area contributed by atoms with Crippen LogP contribution in [0.15, 0.2) is 18.2 Å². The number of rotatable bonds is 9. The van der Waals surface area contributed by atoms with Gasteiger partial charge in [-0.25, -0.2) is 9.59 Å². The normalized spacial score (nSPS) is 14.8. The summed E-state index contributed by atoms with van der Waals surface area (Å²) in [6, 6.07) is 5.05. The Labute approximate surface area is 196 Å². The van der Waals surface area contributed by atoms with E-state index < -0.39 is 12.0 Å². The fraction of sp³-hybridized carbons (Fsp3) is 0.476. The van der Waals surface area contributed by atoms with Crippen molar-refractivity contribution in [2.75, 3.05) is 51.6 Å². The lowest BCUT2D eigenvalue weighted by Crippen LogP contribution is -2.45. The second kappa shape index (κ2) is 11.5. The molecule has 0 unspecified atom stereocenters. The van der Waals surface area contributed by atoms with Gasteiger partial charge < -0.3 is 25.0 Å². The Morgan fingerprint density at radius 2 is 2.03 bits per heavy atom. The SMILES string of the molecule is Cc1ccc(COc2nsc(NC(=O)NCCCN3CCN(C)CC3)c2C(=O)O)c(Cl)c1. The van der Waals surface area contributed by atoms with Crippen LogP contribution in [-0.2, 0) is 6.61 Å². The fourth-order valence-corrected chi connectivity index (χ4v) is 4.30. The maximum Gasteiger partial charge on any atom is 0.344 e. The standard InChI is InChI=1S/C21H28ClN5O4S/c1-14-4-5-15(16(22)12-14)13-31-18-17(20(28)29)19(32-25-18)24-21(30)23-6-3-7-27-10-8-26(2)9-11-27/h4-5,12H,3,6-11,13H2,1-2H3,(H,28,29)(H2,23,24,30). The van der Waals surface area contributed by atoms with Gasteiger partial charge in [0, 0.05) is 43.3 Å². The lowest BCUT2D eigenvalue weighted by molar-refractivity contribution is 0.0693. The van der Waals surface area contributed by atoms with Crippen molar-refractivity contribution < 1.29 is 19.4 Å². The molecule has 1 fully saturated rings. The number of benzene rings is 1. The van der Waals surface area contributed by atoms with Crippen LogP contribution in [0, 0.1) is 6.92 Å². The summed E-state index contributed by atoms with van der Waals surface area (Å²) in [6.45, 7) is 7.57. The third kappa shape index (κ3) is 6.80. The third-order valence-electron chi connectivity index (χ3n) is 5.21. The average Bonchev–Trinajstić information content (AvgIpc) is 3.14. The number of aromatic carboxylic acids is 1. The number of nitrogens with zero attached hydrogens (tertiary/aromatic N) is 3. The predicted molar refractivity (Wildman–Crippen MR) is 125 cm³/mol. The zero-order valence-electron chi connectivity index (χ0n) is 18.2. The van der Waals surface area contributed by atoms with Crippen molar-refractivity contribution in [1.82, 2.24) is 19.5 Å². The molecule has 3 rings (SSSR count). The molecule has 11 heteroatoms. The fourth-order valence-electron chi connectivity index (χ4n) is 3.29. The molecular formula is C21H28ClN5O4S. The van der Waals surface area contributed by atoms with Gasteiger partial charge in [0.25, 0.3) is 0 Å². The quantitative estimate of drug-likeness (QED) is 0.472. The number of aryl methyl sites for hydroxylation is 1. The Morgan fingerprint density at radius 3 is 2.72 bits per heavy atom. The zero-order chi connectivity index (χ0) is 23.1. The molecule has 0 aliphatic carbocycles. The Bertz CT molecular complexity index is 946. The highest BCUT2D eigenvalue weighted by Gasteiger charge is 2.23. The van der Waals surface area contributed by atoms with E-state index in [1.165, 1.54) is 0 Å². The number of urea groups is 1. The maximum absolute atomic E-state index is 12.2. The average molecular weight is 482 g/mol. The highest BCUT2D eigenvalue weighted by molar-refractivity contribution is 7.11. The van der Waals surface area contributed by atoms with E-state index in [-0.39, 0.29) is 23.1 Å². The lowest BCUT2D eigenvalue weighted by atomic mass is 10.2. The van der Waals surface area contributed by atoms with Crippen LogP contribution in [0.1, 0.15) is 27.9 Å². The van der Waals surface area contributed by atoms with Crippen molar-refractivity contribution in [2.45, 2.75) is 20.0 Å². The number of carboxylic acids is 1. The van der Waals surface area contributed by atoms with E-state index in [0.29, 0.717) is 17.1 Å². The highest BCUT2D eigenvalue weighted by atomic mass is 35.5. The van der Waals surface area contributed by atoms with E-state index in [2.05, 4.69) is 31.9 Å².